The Bertz CT molecular complexity index is 180. The van der Waals surface area contributed by atoms with Crippen LogP contribution in [0.15, 0.2) is 24.3 Å². The summed E-state index contributed by atoms with van der Waals surface area (Å²) < 4.78 is 5.25. The van der Waals surface area contributed by atoms with Crippen LogP contribution in [-0.2, 0) is 4.74 Å². The summed E-state index contributed by atoms with van der Waals surface area (Å²) in [6.07, 6.45) is 0. The van der Waals surface area contributed by atoms with E-state index in [-0.39, 0.29) is 0 Å². The predicted octanol–water partition coefficient (Wildman–Crippen LogP) is 1.45. The van der Waals surface area contributed by atoms with Gasteiger partial charge in [-0.05, 0) is 12.5 Å². The molecule has 1 rings (SSSR count). The van der Waals surface area contributed by atoms with Crippen molar-refractivity contribution < 1.29 is 4.74 Å². The molecule has 1 fully saturated rings. The van der Waals surface area contributed by atoms with Crippen LogP contribution in [0.25, 0.3) is 0 Å². The van der Waals surface area contributed by atoms with Crippen molar-refractivity contribution in [2.75, 3.05) is 32.8 Å². The lowest BCUT2D eigenvalue weighted by atomic mass is 10.1. The van der Waals surface area contributed by atoms with Gasteiger partial charge in [0.1, 0.15) is 0 Å². The molecule has 1 aliphatic rings. The zero-order chi connectivity index (χ0) is 8.97. The monoisotopic (exact) mass is 167 g/mol. The van der Waals surface area contributed by atoms with Gasteiger partial charge in [0.2, 0.25) is 0 Å². The Labute approximate surface area is 74.5 Å². The summed E-state index contributed by atoms with van der Waals surface area (Å²) in [5, 5.41) is 0. The lowest BCUT2D eigenvalue weighted by Crippen LogP contribution is -2.37. The Morgan fingerprint density at radius 2 is 1.92 bits per heavy atom. The maximum absolute atomic E-state index is 5.25. The van der Waals surface area contributed by atoms with Crippen LogP contribution >= 0.6 is 0 Å². The minimum atomic E-state index is 0.851. The van der Waals surface area contributed by atoms with Gasteiger partial charge in [-0.2, -0.15) is 0 Å². The van der Waals surface area contributed by atoms with Crippen molar-refractivity contribution in [3.8, 4) is 0 Å². The Morgan fingerprint density at radius 3 is 2.42 bits per heavy atom. The van der Waals surface area contributed by atoms with E-state index in [4.69, 9.17) is 4.74 Å². The van der Waals surface area contributed by atoms with Crippen LogP contribution < -0.4 is 0 Å². The van der Waals surface area contributed by atoms with Gasteiger partial charge in [0, 0.05) is 19.6 Å². The van der Waals surface area contributed by atoms with Gasteiger partial charge in [-0.25, -0.2) is 0 Å². The number of morpholine rings is 1. The quantitative estimate of drug-likeness (QED) is 0.590. The van der Waals surface area contributed by atoms with Crippen LogP contribution in [0.3, 0.4) is 0 Å². The van der Waals surface area contributed by atoms with E-state index in [1.165, 1.54) is 0 Å². The second-order valence-corrected chi connectivity index (χ2v) is 3.27. The largest absolute Gasteiger partial charge is 0.379 e. The average molecular weight is 167 g/mol. The van der Waals surface area contributed by atoms with Gasteiger partial charge < -0.3 is 4.74 Å². The lowest BCUT2D eigenvalue weighted by Gasteiger charge is -2.27. The molecule has 0 bridgehead atoms. The number of ether oxygens (including phenoxy) is 1. The molecule has 12 heavy (non-hydrogen) atoms. The van der Waals surface area contributed by atoms with E-state index in [9.17, 15) is 0 Å². The van der Waals surface area contributed by atoms with E-state index in [2.05, 4.69) is 18.1 Å². The standard InChI is InChI=1S/C10H17NO/c1-9(2)10(3)8-11-4-6-12-7-5-11/h1,3-8H2,2H3. The third-order valence-electron chi connectivity index (χ3n) is 2.12. The molecule has 0 atom stereocenters. The summed E-state index contributed by atoms with van der Waals surface area (Å²) >= 11 is 0. The van der Waals surface area contributed by atoms with Gasteiger partial charge in [0.25, 0.3) is 0 Å². The predicted molar refractivity (Wildman–Crippen MR) is 51.2 cm³/mol. The second kappa shape index (κ2) is 4.43. The second-order valence-electron chi connectivity index (χ2n) is 3.27. The van der Waals surface area contributed by atoms with Crippen LogP contribution in [0.5, 0.6) is 0 Å². The van der Waals surface area contributed by atoms with Crippen molar-refractivity contribution in [2.24, 2.45) is 0 Å². The molecule has 0 radical (unpaired) electrons. The Morgan fingerprint density at radius 1 is 1.33 bits per heavy atom. The molecule has 0 aromatic carbocycles. The van der Waals surface area contributed by atoms with Crippen LogP contribution in [0, 0.1) is 0 Å². The first-order valence-electron chi connectivity index (χ1n) is 4.34. The smallest absolute Gasteiger partial charge is 0.0594 e. The minimum Gasteiger partial charge on any atom is -0.379 e. The van der Waals surface area contributed by atoms with Crippen molar-refractivity contribution in [3.63, 3.8) is 0 Å². The number of nitrogens with zero attached hydrogens (tertiary/aromatic N) is 1. The molecule has 0 N–H and O–H groups in total. The lowest BCUT2D eigenvalue weighted by molar-refractivity contribution is 0.0425. The van der Waals surface area contributed by atoms with Crippen molar-refractivity contribution in [3.05, 3.63) is 24.3 Å². The van der Waals surface area contributed by atoms with Crippen LogP contribution in [0.2, 0.25) is 0 Å². The van der Waals surface area contributed by atoms with Gasteiger partial charge in [-0.1, -0.05) is 18.7 Å². The zero-order valence-corrected chi connectivity index (χ0v) is 7.81. The van der Waals surface area contributed by atoms with E-state index in [0.29, 0.717) is 0 Å². The third-order valence-corrected chi connectivity index (χ3v) is 2.12. The van der Waals surface area contributed by atoms with Crippen LogP contribution in [-0.4, -0.2) is 37.7 Å². The van der Waals surface area contributed by atoms with E-state index in [1.54, 1.807) is 0 Å². The first-order valence-corrected chi connectivity index (χ1v) is 4.34. The number of hydrogen-bond donors (Lipinski definition) is 0. The third kappa shape index (κ3) is 2.80. The van der Waals surface area contributed by atoms with Gasteiger partial charge in [0.15, 0.2) is 0 Å². The summed E-state index contributed by atoms with van der Waals surface area (Å²) in [4.78, 5) is 2.35. The van der Waals surface area contributed by atoms with Gasteiger partial charge in [0.05, 0.1) is 13.2 Å². The molecule has 0 spiro atoms. The molecular formula is C10H17NO. The molecule has 0 aliphatic carbocycles. The highest BCUT2D eigenvalue weighted by atomic mass is 16.5. The van der Waals surface area contributed by atoms with Crippen molar-refractivity contribution in [1.29, 1.82) is 0 Å². The Kier molecular flexibility index (Phi) is 3.50. The van der Waals surface area contributed by atoms with Crippen molar-refractivity contribution in [1.82, 2.24) is 4.90 Å². The molecule has 68 valence electrons. The SMILES string of the molecule is C=C(C)C(=C)CN1CCOCC1. The molecular weight excluding hydrogens is 150 g/mol. The fourth-order valence-corrected chi connectivity index (χ4v) is 1.16. The van der Waals surface area contributed by atoms with Gasteiger partial charge in [-0.3, -0.25) is 4.90 Å². The maximum Gasteiger partial charge on any atom is 0.0594 e. The van der Waals surface area contributed by atoms with Crippen LogP contribution in [0.4, 0.5) is 0 Å². The highest BCUT2D eigenvalue weighted by Gasteiger charge is 2.10. The zero-order valence-electron chi connectivity index (χ0n) is 7.81. The first-order chi connectivity index (χ1) is 5.70. The summed E-state index contributed by atoms with van der Waals surface area (Å²) in [5.74, 6) is 0. The van der Waals surface area contributed by atoms with Gasteiger partial charge >= 0.3 is 0 Å². The molecule has 0 aromatic heterocycles. The Balaban J connectivity index is 2.29. The van der Waals surface area contributed by atoms with Gasteiger partial charge in [-0.15, -0.1) is 0 Å². The molecule has 1 heterocycles. The van der Waals surface area contributed by atoms with E-state index >= 15 is 0 Å². The topological polar surface area (TPSA) is 12.5 Å². The van der Waals surface area contributed by atoms with Crippen LogP contribution in [0.1, 0.15) is 6.92 Å². The van der Waals surface area contributed by atoms with E-state index in [1.807, 2.05) is 6.92 Å². The highest BCUT2D eigenvalue weighted by Crippen LogP contribution is 2.07. The molecule has 2 heteroatoms. The summed E-state index contributed by atoms with van der Waals surface area (Å²) in [7, 11) is 0. The fourth-order valence-electron chi connectivity index (χ4n) is 1.16. The molecule has 1 saturated heterocycles. The highest BCUT2D eigenvalue weighted by molar-refractivity contribution is 5.24. The van der Waals surface area contributed by atoms with Crippen molar-refractivity contribution >= 4 is 0 Å². The molecule has 0 unspecified atom stereocenters. The van der Waals surface area contributed by atoms with Crippen molar-refractivity contribution in [2.45, 2.75) is 6.92 Å². The maximum atomic E-state index is 5.25. The molecule has 1 aliphatic heterocycles. The van der Waals surface area contributed by atoms with E-state index < -0.39 is 0 Å². The molecule has 0 saturated carbocycles. The molecule has 2 nitrogen and oxygen atoms in total. The first kappa shape index (κ1) is 9.49. The van der Waals surface area contributed by atoms with E-state index in [0.717, 1.165) is 44.0 Å². The summed E-state index contributed by atoms with van der Waals surface area (Å²) in [6.45, 7) is 14.5. The number of rotatable bonds is 3. The summed E-state index contributed by atoms with van der Waals surface area (Å²) in [5.41, 5.74) is 2.22. The fraction of sp³-hybridized carbons (Fsp3) is 0.600. The number of hydrogen-bond acceptors (Lipinski definition) is 2. The molecule has 0 aromatic rings. The summed E-state index contributed by atoms with van der Waals surface area (Å²) in [6, 6.07) is 0. The Hall–Kier alpha value is -0.600. The average Bonchev–Trinajstić information content (AvgIpc) is 2.06. The molecule has 0 amide bonds. The normalized spacial score (nSPS) is 19.1. The minimum absolute atomic E-state index is 0.851.